The quantitative estimate of drug-likeness (QED) is 0.208. The molecule has 28 heavy (non-hydrogen) atoms. The first-order chi connectivity index (χ1) is 13.8. The average Bonchev–Trinajstić information content (AvgIpc) is 3.10. The number of unbranched alkanes of at least 4 members (excludes halogenated alkanes) is 13. The van der Waals surface area contributed by atoms with E-state index in [2.05, 4.69) is 37.3 Å². The van der Waals surface area contributed by atoms with Crippen LogP contribution < -0.4 is 0 Å². The van der Waals surface area contributed by atoms with Crippen LogP contribution in [0.25, 0.3) is 0 Å². The molecule has 0 aromatic carbocycles. The van der Waals surface area contributed by atoms with Crippen molar-refractivity contribution < 1.29 is 4.48 Å². The van der Waals surface area contributed by atoms with Gasteiger partial charge in [-0.15, -0.1) is 0 Å². The van der Waals surface area contributed by atoms with Crippen LogP contribution >= 0.6 is 0 Å². The number of quaternary nitrogens is 1. The Bertz CT molecular complexity index is 486. The van der Waals surface area contributed by atoms with Crippen molar-refractivity contribution in [1.29, 1.82) is 0 Å². The Kier molecular flexibility index (Phi) is 11.8. The number of nitrogens with zero attached hydrogens (tertiary/aromatic N) is 2. The highest BCUT2D eigenvalue weighted by molar-refractivity contribution is 5.12. The summed E-state index contributed by atoms with van der Waals surface area (Å²) in [4.78, 5) is 4.36. The van der Waals surface area contributed by atoms with Gasteiger partial charge in [-0.2, -0.15) is 0 Å². The fourth-order valence-electron chi connectivity index (χ4n) is 5.15. The van der Waals surface area contributed by atoms with E-state index < -0.39 is 0 Å². The molecular weight excluding hydrogens is 340 g/mol. The molecular formula is C26H47N2+. The van der Waals surface area contributed by atoms with Gasteiger partial charge in [-0.05, 0) is 18.9 Å². The zero-order chi connectivity index (χ0) is 19.9. The fraction of sp³-hybridized carbons (Fsp3) is 0.808. The van der Waals surface area contributed by atoms with Crippen LogP contribution in [0.5, 0.6) is 0 Å². The van der Waals surface area contributed by atoms with Gasteiger partial charge in [-0.25, -0.2) is 0 Å². The van der Waals surface area contributed by atoms with Crippen LogP contribution in [-0.4, -0.2) is 29.6 Å². The Balaban J connectivity index is 1.45. The van der Waals surface area contributed by atoms with E-state index in [9.17, 15) is 0 Å². The molecule has 0 bridgehead atoms. The van der Waals surface area contributed by atoms with Gasteiger partial charge in [0.1, 0.15) is 6.04 Å². The first-order valence-corrected chi connectivity index (χ1v) is 12.5. The summed E-state index contributed by atoms with van der Waals surface area (Å²) < 4.78 is 1.24. The molecule has 2 heteroatoms. The van der Waals surface area contributed by atoms with Crippen molar-refractivity contribution >= 4 is 0 Å². The Morgan fingerprint density at radius 1 is 0.857 bits per heavy atom. The molecule has 0 spiro atoms. The maximum atomic E-state index is 4.36. The predicted molar refractivity (Wildman–Crippen MR) is 122 cm³/mol. The molecule has 1 unspecified atom stereocenters. The zero-order valence-electron chi connectivity index (χ0n) is 19.0. The lowest BCUT2D eigenvalue weighted by atomic mass is 10.0. The number of aromatic nitrogens is 1. The molecule has 1 aliphatic rings. The van der Waals surface area contributed by atoms with E-state index in [0.29, 0.717) is 6.04 Å². The molecule has 1 saturated heterocycles. The Labute approximate surface area is 175 Å². The van der Waals surface area contributed by atoms with Crippen LogP contribution in [0.1, 0.15) is 121 Å². The third kappa shape index (κ3) is 8.64. The highest BCUT2D eigenvalue weighted by Crippen LogP contribution is 2.37. The molecule has 1 aromatic rings. The Hall–Kier alpha value is -0.890. The zero-order valence-corrected chi connectivity index (χ0v) is 19.0. The lowest BCUT2D eigenvalue weighted by Crippen LogP contribution is -2.43. The number of hydrogen-bond donors (Lipinski definition) is 0. The summed E-state index contributed by atoms with van der Waals surface area (Å²) in [6, 6.07) is 5.06. The van der Waals surface area contributed by atoms with Crippen molar-refractivity contribution in [3.63, 3.8) is 0 Å². The van der Waals surface area contributed by atoms with Crippen molar-refractivity contribution in [2.24, 2.45) is 0 Å². The summed E-state index contributed by atoms with van der Waals surface area (Å²) in [6.45, 7) is 4.99. The first-order valence-electron chi connectivity index (χ1n) is 12.5. The summed E-state index contributed by atoms with van der Waals surface area (Å²) in [7, 11) is 2.48. The molecule has 2 nitrogen and oxygen atoms in total. The molecule has 0 saturated carbocycles. The summed E-state index contributed by atoms with van der Waals surface area (Å²) in [5.41, 5.74) is 1.45. The van der Waals surface area contributed by atoms with Gasteiger partial charge < -0.3 is 4.48 Å². The standard InChI is InChI=1S/C26H47N2/c1-3-4-5-6-7-8-9-10-11-12-13-14-15-16-22-28(2)23-18-20-26(28)25-19-17-21-27-24-25/h17,19,21,24,26H,3-16,18,20,22-23H2,1-2H3/q+1/t26-,28?/m0/s1. The molecule has 1 aromatic heterocycles. The predicted octanol–water partition coefficient (Wildman–Crippen LogP) is 7.84. The minimum Gasteiger partial charge on any atom is -0.320 e. The van der Waals surface area contributed by atoms with Gasteiger partial charge in [0.2, 0.25) is 0 Å². The second-order valence-electron chi connectivity index (χ2n) is 9.47. The monoisotopic (exact) mass is 387 g/mol. The minimum absolute atomic E-state index is 0.677. The molecule has 2 rings (SSSR count). The molecule has 2 heterocycles. The van der Waals surface area contributed by atoms with Gasteiger partial charge >= 0.3 is 0 Å². The van der Waals surface area contributed by atoms with Gasteiger partial charge in [0.05, 0.1) is 20.1 Å². The molecule has 160 valence electrons. The topological polar surface area (TPSA) is 12.9 Å². The van der Waals surface area contributed by atoms with Gasteiger partial charge in [0.25, 0.3) is 0 Å². The highest BCUT2D eigenvalue weighted by atomic mass is 15.4. The van der Waals surface area contributed by atoms with E-state index in [0.717, 1.165) is 0 Å². The molecule has 1 aliphatic heterocycles. The van der Waals surface area contributed by atoms with Crippen molar-refractivity contribution in [2.45, 2.75) is 116 Å². The van der Waals surface area contributed by atoms with E-state index in [-0.39, 0.29) is 0 Å². The second-order valence-corrected chi connectivity index (χ2v) is 9.47. The highest BCUT2D eigenvalue weighted by Gasteiger charge is 2.38. The lowest BCUT2D eigenvalue weighted by Gasteiger charge is -2.36. The van der Waals surface area contributed by atoms with Gasteiger partial charge in [0.15, 0.2) is 0 Å². The van der Waals surface area contributed by atoms with E-state index in [1.165, 1.54) is 126 Å². The summed E-state index contributed by atoms with van der Waals surface area (Å²) >= 11 is 0. The van der Waals surface area contributed by atoms with Gasteiger partial charge in [0, 0.05) is 30.8 Å². The number of likely N-dealkylation sites (tertiary alicyclic amines) is 1. The van der Waals surface area contributed by atoms with Crippen molar-refractivity contribution in [1.82, 2.24) is 4.98 Å². The van der Waals surface area contributed by atoms with Crippen molar-refractivity contribution in [3.05, 3.63) is 30.1 Å². The number of hydrogen-bond acceptors (Lipinski definition) is 1. The minimum atomic E-state index is 0.677. The molecule has 0 N–H and O–H groups in total. The van der Waals surface area contributed by atoms with E-state index in [1.54, 1.807) is 0 Å². The third-order valence-electron chi connectivity index (χ3n) is 6.99. The van der Waals surface area contributed by atoms with Crippen molar-refractivity contribution in [3.8, 4) is 0 Å². The normalized spacial score (nSPS) is 22.0. The molecule has 1 fully saturated rings. The van der Waals surface area contributed by atoms with Crippen LogP contribution in [0.15, 0.2) is 24.5 Å². The fourth-order valence-corrected chi connectivity index (χ4v) is 5.15. The maximum Gasteiger partial charge on any atom is 0.116 e. The van der Waals surface area contributed by atoms with Crippen molar-refractivity contribution in [2.75, 3.05) is 20.1 Å². The van der Waals surface area contributed by atoms with E-state index >= 15 is 0 Å². The van der Waals surface area contributed by atoms with Crippen LogP contribution in [0.3, 0.4) is 0 Å². The third-order valence-corrected chi connectivity index (χ3v) is 6.99. The van der Waals surface area contributed by atoms with Gasteiger partial charge in [-0.3, -0.25) is 4.98 Å². The molecule has 0 radical (unpaired) electrons. The molecule has 0 aliphatic carbocycles. The number of rotatable bonds is 16. The first kappa shape index (κ1) is 23.4. The lowest BCUT2D eigenvalue weighted by molar-refractivity contribution is -0.927. The van der Waals surface area contributed by atoms with Crippen LogP contribution in [-0.2, 0) is 0 Å². The molecule has 2 atom stereocenters. The van der Waals surface area contributed by atoms with Crippen LogP contribution in [0.4, 0.5) is 0 Å². The van der Waals surface area contributed by atoms with E-state index in [1.807, 2.05) is 6.20 Å². The van der Waals surface area contributed by atoms with Crippen LogP contribution in [0.2, 0.25) is 0 Å². The number of pyridine rings is 1. The molecule has 0 amide bonds. The summed E-state index contributed by atoms with van der Waals surface area (Å²) in [5.74, 6) is 0. The Morgan fingerprint density at radius 2 is 1.43 bits per heavy atom. The average molecular weight is 388 g/mol. The largest absolute Gasteiger partial charge is 0.320 e. The van der Waals surface area contributed by atoms with E-state index in [4.69, 9.17) is 0 Å². The van der Waals surface area contributed by atoms with Crippen LogP contribution in [0, 0.1) is 0 Å². The smallest absolute Gasteiger partial charge is 0.116 e. The van der Waals surface area contributed by atoms with Gasteiger partial charge in [-0.1, -0.05) is 90.0 Å². The summed E-state index contributed by atoms with van der Waals surface area (Å²) in [6.07, 6.45) is 26.9. The summed E-state index contributed by atoms with van der Waals surface area (Å²) in [5, 5.41) is 0. The maximum absolute atomic E-state index is 4.36. The second kappa shape index (κ2) is 14.1. The Morgan fingerprint density at radius 3 is 1.96 bits per heavy atom. The SMILES string of the molecule is CCCCCCCCCCCCCCCC[N+]1(C)CCC[C@H]1c1cccnc1.